The van der Waals surface area contributed by atoms with Crippen LogP contribution in [0.5, 0.6) is 0 Å². The van der Waals surface area contributed by atoms with Gasteiger partial charge in [-0.05, 0) is 28.4 Å². The number of aliphatic hydroxyl groups excluding tert-OH is 1. The van der Waals surface area contributed by atoms with Crippen LogP contribution in [-0.4, -0.2) is 29.1 Å². The fourth-order valence-corrected chi connectivity index (χ4v) is 0.786. The summed E-state index contributed by atoms with van der Waals surface area (Å²) >= 11 is 2.09. The second-order valence-corrected chi connectivity index (χ2v) is 4.17. The largest absolute Gasteiger partial charge is 0.385 e. The van der Waals surface area contributed by atoms with Crippen molar-refractivity contribution in [2.24, 2.45) is 5.92 Å². The average Bonchev–Trinajstić information content (AvgIpc) is 1.84. The van der Waals surface area contributed by atoms with Crippen LogP contribution >= 0.6 is 15.9 Å². The van der Waals surface area contributed by atoms with Gasteiger partial charge in [-0.2, -0.15) is 8.78 Å². The molecule has 0 bridgehead atoms. The highest BCUT2D eigenvalue weighted by Crippen LogP contribution is 2.25. The quantitative estimate of drug-likeness (QED) is 0.722. The number of hydrogen-bond acceptors (Lipinski definition) is 2. The molecule has 0 rings (SSSR count). The van der Waals surface area contributed by atoms with E-state index in [-0.39, 0.29) is 6.54 Å². The molecular formula is C7H14BrF2NO. The zero-order chi connectivity index (χ0) is 9.78. The summed E-state index contributed by atoms with van der Waals surface area (Å²) in [7, 11) is 0. The molecule has 0 saturated heterocycles. The summed E-state index contributed by atoms with van der Waals surface area (Å²) < 4.78 is 24.5. The molecule has 0 spiro atoms. The molecule has 0 aliphatic heterocycles. The van der Waals surface area contributed by atoms with Crippen LogP contribution in [0.4, 0.5) is 8.78 Å². The van der Waals surface area contributed by atoms with E-state index in [1.807, 2.05) is 13.8 Å². The third kappa shape index (κ3) is 5.85. The molecule has 0 aliphatic rings. The normalized spacial score (nSPS) is 15.2. The molecule has 0 aromatic heterocycles. The Bertz CT molecular complexity index is 127. The molecule has 74 valence electrons. The van der Waals surface area contributed by atoms with E-state index in [0.717, 1.165) is 0 Å². The summed E-state index contributed by atoms with van der Waals surface area (Å²) in [5, 5.41) is 11.6. The molecule has 0 aromatic rings. The first kappa shape index (κ1) is 12.3. The number of aliphatic hydroxyl groups is 1. The molecule has 0 aliphatic carbocycles. The van der Waals surface area contributed by atoms with Crippen LogP contribution in [0.25, 0.3) is 0 Å². The first-order valence-electron chi connectivity index (χ1n) is 3.79. The van der Waals surface area contributed by atoms with Gasteiger partial charge in [-0.3, -0.25) is 0 Å². The molecule has 0 fully saturated rings. The van der Waals surface area contributed by atoms with Gasteiger partial charge in [0.1, 0.15) is 6.10 Å². The van der Waals surface area contributed by atoms with E-state index >= 15 is 0 Å². The van der Waals surface area contributed by atoms with E-state index in [1.54, 1.807) is 0 Å². The molecule has 0 radical (unpaired) electrons. The number of halogens is 3. The van der Waals surface area contributed by atoms with Crippen LogP contribution in [-0.2, 0) is 0 Å². The van der Waals surface area contributed by atoms with Gasteiger partial charge in [-0.25, -0.2) is 0 Å². The van der Waals surface area contributed by atoms with E-state index < -0.39 is 10.9 Å². The molecule has 5 heteroatoms. The zero-order valence-electron chi connectivity index (χ0n) is 7.15. The predicted octanol–water partition coefficient (Wildman–Crippen LogP) is 1.58. The van der Waals surface area contributed by atoms with Crippen molar-refractivity contribution in [2.45, 2.75) is 24.8 Å². The number of hydrogen-bond donors (Lipinski definition) is 2. The number of alkyl halides is 3. The SMILES string of the molecule is CC(C)CNCC(O)C(F)(F)Br. The maximum Gasteiger partial charge on any atom is 0.327 e. The maximum absolute atomic E-state index is 12.3. The Kier molecular flexibility index (Phi) is 5.20. The van der Waals surface area contributed by atoms with Gasteiger partial charge in [0, 0.05) is 6.54 Å². The van der Waals surface area contributed by atoms with Gasteiger partial charge >= 0.3 is 4.83 Å². The fourth-order valence-electron chi connectivity index (χ4n) is 0.624. The minimum Gasteiger partial charge on any atom is -0.385 e. The lowest BCUT2D eigenvalue weighted by atomic mass is 10.2. The number of rotatable bonds is 5. The van der Waals surface area contributed by atoms with Crippen LogP contribution in [0.15, 0.2) is 0 Å². The predicted molar refractivity (Wildman–Crippen MR) is 47.6 cm³/mol. The summed E-state index contributed by atoms with van der Waals surface area (Å²) in [4.78, 5) is -3.20. The molecule has 2 nitrogen and oxygen atoms in total. The van der Waals surface area contributed by atoms with E-state index in [1.165, 1.54) is 0 Å². The van der Waals surface area contributed by atoms with Crippen molar-refractivity contribution >= 4 is 15.9 Å². The standard InChI is InChI=1S/C7H14BrF2NO/c1-5(2)3-11-4-6(12)7(8,9)10/h5-6,11-12H,3-4H2,1-2H3. The zero-order valence-corrected chi connectivity index (χ0v) is 8.74. The molecule has 0 saturated carbocycles. The second-order valence-electron chi connectivity index (χ2n) is 3.11. The third-order valence-electron chi connectivity index (χ3n) is 1.27. The van der Waals surface area contributed by atoms with E-state index in [0.29, 0.717) is 12.5 Å². The van der Waals surface area contributed by atoms with Crippen LogP contribution in [0.2, 0.25) is 0 Å². The van der Waals surface area contributed by atoms with Crippen molar-refractivity contribution in [1.29, 1.82) is 0 Å². The lowest BCUT2D eigenvalue weighted by Gasteiger charge is -2.17. The molecular weight excluding hydrogens is 232 g/mol. The Morgan fingerprint density at radius 3 is 2.25 bits per heavy atom. The van der Waals surface area contributed by atoms with Gasteiger partial charge in [-0.1, -0.05) is 13.8 Å². The summed E-state index contributed by atoms with van der Waals surface area (Å²) in [5.74, 6) is 0.390. The first-order valence-corrected chi connectivity index (χ1v) is 4.59. The van der Waals surface area contributed by atoms with Crippen LogP contribution in [0.3, 0.4) is 0 Å². The van der Waals surface area contributed by atoms with Crippen molar-refractivity contribution in [1.82, 2.24) is 5.32 Å². The third-order valence-corrected chi connectivity index (χ3v) is 1.80. The van der Waals surface area contributed by atoms with Crippen molar-refractivity contribution < 1.29 is 13.9 Å². The fraction of sp³-hybridized carbons (Fsp3) is 1.00. The highest BCUT2D eigenvalue weighted by molar-refractivity contribution is 9.10. The molecule has 2 N–H and O–H groups in total. The Hall–Kier alpha value is 0.260. The van der Waals surface area contributed by atoms with Gasteiger partial charge in [0.25, 0.3) is 0 Å². The Balaban J connectivity index is 3.51. The second kappa shape index (κ2) is 5.09. The maximum atomic E-state index is 12.3. The lowest BCUT2D eigenvalue weighted by molar-refractivity contribution is -0.0265. The van der Waals surface area contributed by atoms with Crippen LogP contribution in [0.1, 0.15) is 13.8 Å². The average molecular weight is 246 g/mol. The van der Waals surface area contributed by atoms with Crippen LogP contribution in [0, 0.1) is 5.92 Å². The van der Waals surface area contributed by atoms with Gasteiger partial charge < -0.3 is 10.4 Å². The minimum atomic E-state index is -3.20. The highest BCUT2D eigenvalue weighted by Gasteiger charge is 2.34. The van der Waals surface area contributed by atoms with E-state index in [2.05, 4.69) is 21.2 Å². The van der Waals surface area contributed by atoms with E-state index in [4.69, 9.17) is 5.11 Å². The van der Waals surface area contributed by atoms with Crippen molar-refractivity contribution in [3.63, 3.8) is 0 Å². The first-order chi connectivity index (χ1) is 5.34. The molecule has 0 amide bonds. The van der Waals surface area contributed by atoms with Crippen molar-refractivity contribution in [2.75, 3.05) is 13.1 Å². The molecule has 12 heavy (non-hydrogen) atoms. The lowest BCUT2D eigenvalue weighted by Crippen LogP contribution is -2.38. The van der Waals surface area contributed by atoms with E-state index in [9.17, 15) is 8.78 Å². The summed E-state index contributed by atoms with van der Waals surface area (Å²) in [6, 6.07) is 0. The Labute approximate surface area is 79.5 Å². The Morgan fingerprint density at radius 1 is 1.42 bits per heavy atom. The molecule has 1 unspecified atom stereocenters. The Morgan fingerprint density at radius 2 is 1.92 bits per heavy atom. The highest BCUT2D eigenvalue weighted by atomic mass is 79.9. The summed E-state index contributed by atoms with van der Waals surface area (Å²) in [6.45, 7) is 4.45. The summed E-state index contributed by atoms with van der Waals surface area (Å²) in [5.41, 5.74) is 0. The topological polar surface area (TPSA) is 32.3 Å². The van der Waals surface area contributed by atoms with Crippen molar-refractivity contribution in [3.05, 3.63) is 0 Å². The molecule has 1 atom stereocenters. The molecule has 0 aromatic carbocycles. The van der Waals surface area contributed by atoms with Crippen LogP contribution < -0.4 is 5.32 Å². The molecule has 0 heterocycles. The smallest absolute Gasteiger partial charge is 0.327 e. The van der Waals surface area contributed by atoms with Crippen molar-refractivity contribution in [3.8, 4) is 0 Å². The summed E-state index contributed by atoms with van der Waals surface area (Å²) in [6.07, 6.45) is -1.67. The van der Waals surface area contributed by atoms with Gasteiger partial charge in [0.2, 0.25) is 0 Å². The van der Waals surface area contributed by atoms with Gasteiger partial charge in [0.05, 0.1) is 0 Å². The van der Waals surface area contributed by atoms with Gasteiger partial charge in [-0.15, -0.1) is 0 Å². The monoisotopic (exact) mass is 245 g/mol. The number of nitrogens with one attached hydrogen (secondary N) is 1. The minimum absolute atomic E-state index is 0.101. The van der Waals surface area contributed by atoms with Gasteiger partial charge in [0.15, 0.2) is 0 Å².